The van der Waals surface area contributed by atoms with Crippen molar-refractivity contribution in [3.05, 3.63) is 42.1 Å². The molecule has 0 spiro atoms. The number of H-pyrrole nitrogens is 1. The number of rotatable bonds is 4. The molecule has 2 nitrogen and oxygen atoms in total. The predicted octanol–water partition coefficient (Wildman–Crippen LogP) is 4.06. The van der Waals surface area contributed by atoms with Gasteiger partial charge in [-0.05, 0) is 31.0 Å². The van der Waals surface area contributed by atoms with E-state index in [0.717, 1.165) is 6.54 Å². The summed E-state index contributed by atoms with van der Waals surface area (Å²) in [6.07, 6.45) is 8.35. The number of unbranched alkanes of at least 4 members (excludes halogenated alkanes) is 1. The van der Waals surface area contributed by atoms with Crippen molar-refractivity contribution in [2.45, 2.75) is 26.2 Å². The first-order valence-electron chi connectivity index (χ1n) is 7.36. The highest BCUT2D eigenvalue weighted by Gasteiger charge is 2.14. The van der Waals surface area contributed by atoms with Gasteiger partial charge in [0.2, 0.25) is 0 Å². The highest BCUT2D eigenvalue weighted by molar-refractivity contribution is 5.92. The summed E-state index contributed by atoms with van der Waals surface area (Å²) in [5.41, 5.74) is 4.14. The number of hydrogen-bond donors (Lipinski definition) is 1. The zero-order chi connectivity index (χ0) is 13.1. The molecule has 2 heterocycles. The molecule has 3 rings (SSSR count). The summed E-state index contributed by atoms with van der Waals surface area (Å²) in [6, 6.07) is 8.57. The minimum atomic E-state index is 1.11. The summed E-state index contributed by atoms with van der Waals surface area (Å²) < 4.78 is 0. The number of nitrogens with zero attached hydrogens (tertiary/aromatic N) is 1. The van der Waals surface area contributed by atoms with Crippen molar-refractivity contribution < 1.29 is 0 Å². The van der Waals surface area contributed by atoms with E-state index in [0.29, 0.717) is 0 Å². The molecular formula is C17H22N2. The number of benzene rings is 1. The average molecular weight is 254 g/mol. The number of para-hydroxylation sites is 1. The number of nitrogens with one attached hydrogen (secondary N) is 1. The van der Waals surface area contributed by atoms with Crippen LogP contribution < -0.4 is 0 Å². The fraction of sp³-hybridized carbons (Fsp3) is 0.412. The van der Waals surface area contributed by atoms with Crippen LogP contribution in [0.1, 0.15) is 31.7 Å². The average Bonchev–Trinajstić information content (AvgIpc) is 2.90. The van der Waals surface area contributed by atoms with Gasteiger partial charge in [0.25, 0.3) is 0 Å². The van der Waals surface area contributed by atoms with E-state index in [1.54, 1.807) is 0 Å². The molecule has 0 atom stereocenters. The Morgan fingerprint density at radius 1 is 1.26 bits per heavy atom. The van der Waals surface area contributed by atoms with E-state index in [1.165, 1.54) is 54.4 Å². The first kappa shape index (κ1) is 12.5. The summed E-state index contributed by atoms with van der Waals surface area (Å²) in [5.74, 6) is 0. The van der Waals surface area contributed by atoms with Crippen LogP contribution in [0.4, 0.5) is 0 Å². The van der Waals surface area contributed by atoms with Crippen molar-refractivity contribution in [3.63, 3.8) is 0 Å². The molecule has 0 bridgehead atoms. The van der Waals surface area contributed by atoms with Crippen molar-refractivity contribution in [2.24, 2.45) is 0 Å². The SMILES string of the molecule is CCCCN1CC=C(c2c[nH]c3ccccc23)CC1. The first-order chi connectivity index (χ1) is 9.38. The number of aromatic nitrogens is 1. The minimum absolute atomic E-state index is 1.11. The molecule has 0 saturated heterocycles. The predicted molar refractivity (Wildman–Crippen MR) is 82.2 cm³/mol. The quantitative estimate of drug-likeness (QED) is 0.872. The number of hydrogen-bond acceptors (Lipinski definition) is 1. The molecule has 0 unspecified atom stereocenters. The van der Waals surface area contributed by atoms with Crippen LogP contribution in [-0.4, -0.2) is 29.5 Å². The summed E-state index contributed by atoms with van der Waals surface area (Å²) in [5, 5.41) is 1.36. The van der Waals surface area contributed by atoms with Gasteiger partial charge in [-0.2, -0.15) is 0 Å². The lowest BCUT2D eigenvalue weighted by Gasteiger charge is -2.26. The van der Waals surface area contributed by atoms with Gasteiger partial charge in [-0.1, -0.05) is 37.6 Å². The molecule has 0 saturated carbocycles. The normalized spacial score (nSPS) is 16.8. The lowest BCUT2D eigenvalue weighted by Crippen LogP contribution is -2.29. The molecule has 0 aliphatic carbocycles. The van der Waals surface area contributed by atoms with E-state index >= 15 is 0 Å². The second kappa shape index (κ2) is 5.62. The van der Waals surface area contributed by atoms with Crippen LogP contribution in [-0.2, 0) is 0 Å². The van der Waals surface area contributed by atoms with Crippen molar-refractivity contribution >= 4 is 16.5 Å². The molecule has 2 heteroatoms. The standard InChI is InChI=1S/C17H22N2/c1-2-3-10-19-11-8-14(9-12-19)16-13-18-17-7-5-4-6-15(16)17/h4-8,13,18H,2-3,9-12H2,1H3. The third kappa shape index (κ3) is 2.59. The smallest absolute Gasteiger partial charge is 0.0460 e. The van der Waals surface area contributed by atoms with Gasteiger partial charge in [0, 0.05) is 35.8 Å². The van der Waals surface area contributed by atoms with Gasteiger partial charge in [0.15, 0.2) is 0 Å². The largest absolute Gasteiger partial charge is 0.361 e. The zero-order valence-electron chi connectivity index (χ0n) is 11.7. The summed E-state index contributed by atoms with van der Waals surface area (Å²) in [7, 11) is 0. The Kier molecular flexibility index (Phi) is 3.69. The second-order valence-corrected chi connectivity index (χ2v) is 5.38. The molecule has 1 aromatic carbocycles. The van der Waals surface area contributed by atoms with Gasteiger partial charge in [0.05, 0.1) is 0 Å². The Labute approximate surface area is 115 Å². The van der Waals surface area contributed by atoms with Gasteiger partial charge < -0.3 is 4.98 Å². The summed E-state index contributed by atoms with van der Waals surface area (Å²) in [6.45, 7) is 5.81. The molecule has 0 radical (unpaired) electrons. The maximum Gasteiger partial charge on any atom is 0.0460 e. The fourth-order valence-electron chi connectivity index (χ4n) is 2.88. The summed E-state index contributed by atoms with van der Waals surface area (Å²) in [4.78, 5) is 5.93. The molecule has 0 amide bonds. The van der Waals surface area contributed by atoms with E-state index in [2.05, 4.69) is 53.3 Å². The van der Waals surface area contributed by atoms with Crippen LogP contribution in [0.15, 0.2) is 36.5 Å². The van der Waals surface area contributed by atoms with Crippen LogP contribution in [0.5, 0.6) is 0 Å². The Morgan fingerprint density at radius 3 is 2.95 bits per heavy atom. The molecule has 1 aliphatic heterocycles. The molecule has 100 valence electrons. The maximum atomic E-state index is 3.38. The van der Waals surface area contributed by atoms with Crippen LogP contribution in [0, 0.1) is 0 Å². The molecule has 0 fully saturated rings. The van der Waals surface area contributed by atoms with E-state index in [9.17, 15) is 0 Å². The minimum Gasteiger partial charge on any atom is -0.361 e. The lowest BCUT2D eigenvalue weighted by atomic mass is 9.99. The second-order valence-electron chi connectivity index (χ2n) is 5.38. The fourth-order valence-corrected chi connectivity index (χ4v) is 2.88. The molecule has 1 aliphatic rings. The molecular weight excluding hydrogens is 232 g/mol. The van der Waals surface area contributed by atoms with Crippen molar-refractivity contribution in [1.29, 1.82) is 0 Å². The van der Waals surface area contributed by atoms with Gasteiger partial charge >= 0.3 is 0 Å². The Bertz CT molecular complexity index is 580. The highest BCUT2D eigenvalue weighted by Crippen LogP contribution is 2.29. The monoisotopic (exact) mass is 254 g/mol. The topological polar surface area (TPSA) is 19.0 Å². The van der Waals surface area contributed by atoms with E-state index in [4.69, 9.17) is 0 Å². The number of aromatic amines is 1. The van der Waals surface area contributed by atoms with E-state index in [1.807, 2.05) is 0 Å². The van der Waals surface area contributed by atoms with Crippen LogP contribution in [0.25, 0.3) is 16.5 Å². The first-order valence-corrected chi connectivity index (χ1v) is 7.36. The van der Waals surface area contributed by atoms with E-state index in [-0.39, 0.29) is 0 Å². The Morgan fingerprint density at radius 2 is 2.16 bits per heavy atom. The Balaban J connectivity index is 1.78. The Hall–Kier alpha value is -1.54. The van der Waals surface area contributed by atoms with Crippen molar-refractivity contribution in [1.82, 2.24) is 9.88 Å². The van der Waals surface area contributed by atoms with Crippen LogP contribution >= 0.6 is 0 Å². The highest BCUT2D eigenvalue weighted by atomic mass is 15.1. The molecule has 2 aromatic rings. The van der Waals surface area contributed by atoms with Crippen molar-refractivity contribution in [2.75, 3.05) is 19.6 Å². The lowest BCUT2D eigenvalue weighted by molar-refractivity contribution is 0.297. The molecule has 1 aromatic heterocycles. The maximum absolute atomic E-state index is 3.38. The van der Waals surface area contributed by atoms with Crippen LogP contribution in [0.3, 0.4) is 0 Å². The zero-order valence-corrected chi connectivity index (χ0v) is 11.7. The third-order valence-electron chi connectivity index (χ3n) is 4.06. The molecule has 19 heavy (non-hydrogen) atoms. The molecule has 1 N–H and O–H groups in total. The van der Waals surface area contributed by atoms with E-state index < -0.39 is 0 Å². The van der Waals surface area contributed by atoms with Crippen LogP contribution in [0.2, 0.25) is 0 Å². The van der Waals surface area contributed by atoms with Gasteiger partial charge in [-0.25, -0.2) is 0 Å². The summed E-state index contributed by atoms with van der Waals surface area (Å²) >= 11 is 0. The van der Waals surface area contributed by atoms with Gasteiger partial charge in [-0.15, -0.1) is 0 Å². The third-order valence-corrected chi connectivity index (χ3v) is 4.06. The number of fused-ring (bicyclic) bond motifs is 1. The van der Waals surface area contributed by atoms with Gasteiger partial charge in [0.1, 0.15) is 0 Å². The van der Waals surface area contributed by atoms with Crippen molar-refractivity contribution in [3.8, 4) is 0 Å². The van der Waals surface area contributed by atoms with Gasteiger partial charge in [-0.3, -0.25) is 4.90 Å².